The average molecular weight is 285 g/mol. The van der Waals surface area contributed by atoms with Crippen molar-refractivity contribution in [3.8, 4) is 0 Å². The topological polar surface area (TPSA) is 58.1 Å². The largest absolute Gasteiger partial charge is 0.339 e. The smallest absolute Gasteiger partial charge is 0.326 e. The van der Waals surface area contributed by atoms with Crippen LogP contribution in [-0.4, -0.2) is 33.4 Å². The fourth-order valence-corrected chi connectivity index (χ4v) is 3.03. The van der Waals surface area contributed by atoms with Gasteiger partial charge in [-0.15, -0.1) is 0 Å². The summed E-state index contributed by atoms with van der Waals surface area (Å²) in [7, 11) is 0. The maximum Gasteiger partial charge on any atom is 0.326 e. The van der Waals surface area contributed by atoms with Crippen LogP contribution >= 0.6 is 0 Å². The number of hydrogen-bond acceptors (Lipinski definition) is 2. The molecular weight excluding hydrogens is 266 g/mol. The third-order valence-electron chi connectivity index (χ3n) is 4.07. The summed E-state index contributed by atoms with van der Waals surface area (Å²) in [5.74, 6) is 0.0576. The van der Waals surface area contributed by atoms with Gasteiger partial charge in [0.2, 0.25) is 5.91 Å². The number of amides is 1. The van der Waals surface area contributed by atoms with E-state index in [2.05, 4.69) is 4.98 Å². The molecule has 0 radical (unpaired) electrons. The number of para-hydroxylation sites is 2. The van der Waals surface area contributed by atoms with Gasteiger partial charge in [-0.2, -0.15) is 0 Å². The summed E-state index contributed by atoms with van der Waals surface area (Å²) in [5.41, 5.74) is 1.75. The molecule has 0 unspecified atom stereocenters. The first-order chi connectivity index (χ1) is 10.2. The van der Waals surface area contributed by atoms with E-state index < -0.39 is 0 Å². The highest BCUT2D eigenvalue weighted by atomic mass is 16.2. The van der Waals surface area contributed by atoms with Gasteiger partial charge in [0.25, 0.3) is 0 Å². The first kappa shape index (κ1) is 13.7. The molecule has 21 heavy (non-hydrogen) atoms. The molecule has 1 aromatic carbocycles. The maximum absolute atomic E-state index is 12.2. The van der Waals surface area contributed by atoms with Gasteiger partial charge >= 0.3 is 5.69 Å². The zero-order chi connectivity index (χ0) is 14.8. The van der Waals surface area contributed by atoms with Gasteiger partial charge in [0.15, 0.2) is 0 Å². The minimum Gasteiger partial charge on any atom is -0.339 e. The lowest BCUT2D eigenvalue weighted by molar-refractivity contribution is -0.127. The van der Waals surface area contributed by atoms with Gasteiger partial charge in [0.05, 0.1) is 11.0 Å². The molecule has 0 spiro atoms. The second-order valence-corrected chi connectivity index (χ2v) is 5.37. The number of allylic oxidation sites excluding steroid dienone is 1. The van der Waals surface area contributed by atoms with Gasteiger partial charge in [-0.25, -0.2) is 4.79 Å². The van der Waals surface area contributed by atoms with Crippen LogP contribution < -0.4 is 5.69 Å². The van der Waals surface area contributed by atoms with Crippen molar-refractivity contribution in [2.24, 2.45) is 0 Å². The third kappa shape index (κ3) is 2.51. The van der Waals surface area contributed by atoms with E-state index in [4.69, 9.17) is 0 Å². The minimum atomic E-state index is -0.0607. The SMILES string of the molecule is CC=CC(=O)N1CCC(n2c(=O)[nH]c3ccccc32)CC1. The molecule has 1 aliphatic rings. The van der Waals surface area contributed by atoms with Crippen molar-refractivity contribution in [1.82, 2.24) is 14.5 Å². The number of nitrogens with zero attached hydrogens (tertiary/aromatic N) is 2. The first-order valence-corrected chi connectivity index (χ1v) is 7.31. The second-order valence-electron chi connectivity index (χ2n) is 5.37. The van der Waals surface area contributed by atoms with Crippen LogP contribution in [0.2, 0.25) is 0 Å². The number of H-pyrrole nitrogens is 1. The number of likely N-dealkylation sites (tertiary alicyclic amines) is 1. The monoisotopic (exact) mass is 285 g/mol. The van der Waals surface area contributed by atoms with Gasteiger partial charge in [0.1, 0.15) is 0 Å². The summed E-state index contributed by atoms with van der Waals surface area (Å²) in [6, 6.07) is 7.89. The fourth-order valence-electron chi connectivity index (χ4n) is 3.03. The number of carbonyl (C=O) groups excluding carboxylic acids is 1. The summed E-state index contributed by atoms with van der Waals surface area (Å²) in [6.07, 6.45) is 4.98. The number of rotatable bonds is 2. The number of carbonyl (C=O) groups is 1. The Bertz CT molecular complexity index is 733. The van der Waals surface area contributed by atoms with E-state index in [1.807, 2.05) is 40.7 Å². The molecule has 1 saturated heterocycles. The molecule has 1 fully saturated rings. The first-order valence-electron chi connectivity index (χ1n) is 7.31. The van der Waals surface area contributed by atoms with Gasteiger partial charge in [-0.05, 0) is 38.0 Å². The lowest BCUT2D eigenvalue weighted by atomic mass is 10.0. The summed E-state index contributed by atoms with van der Waals surface area (Å²) >= 11 is 0. The van der Waals surface area contributed by atoms with E-state index >= 15 is 0 Å². The molecule has 0 bridgehead atoms. The van der Waals surface area contributed by atoms with E-state index in [9.17, 15) is 9.59 Å². The average Bonchev–Trinajstić information content (AvgIpc) is 2.83. The van der Waals surface area contributed by atoms with Crippen LogP contribution in [0.15, 0.2) is 41.2 Å². The molecule has 1 aliphatic heterocycles. The van der Waals surface area contributed by atoms with Gasteiger partial charge < -0.3 is 9.88 Å². The van der Waals surface area contributed by atoms with Crippen molar-refractivity contribution in [3.05, 3.63) is 46.9 Å². The maximum atomic E-state index is 12.2. The minimum absolute atomic E-state index is 0.0576. The van der Waals surface area contributed by atoms with Crippen LogP contribution in [0.1, 0.15) is 25.8 Å². The lowest BCUT2D eigenvalue weighted by Crippen LogP contribution is -2.39. The molecule has 0 saturated carbocycles. The van der Waals surface area contributed by atoms with E-state index in [0.717, 1.165) is 23.9 Å². The molecule has 5 heteroatoms. The molecule has 0 aliphatic carbocycles. The van der Waals surface area contributed by atoms with Crippen LogP contribution in [0, 0.1) is 0 Å². The van der Waals surface area contributed by atoms with Gasteiger partial charge in [0, 0.05) is 19.1 Å². The summed E-state index contributed by atoms with van der Waals surface area (Å²) in [6.45, 7) is 3.23. The Labute approximate surface area is 122 Å². The molecule has 1 amide bonds. The number of imidazole rings is 1. The highest BCUT2D eigenvalue weighted by molar-refractivity contribution is 5.87. The lowest BCUT2D eigenvalue weighted by Gasteiger charge is -2.31. The van der Waals surface area contributed by atoms with Crippen LogP contribution in [0.5, 0.6) is 0 Å². The van der Waals surface area contributed by atoms with E-state index in [1.54, 1.807) is 12.2 Å². The molecule has 2 heterocycles. The van der Waals surface area contributed by atoms with Crippen molar-refractivity contribution >= 4 is 16.9 Å². The molecule has 5 nitrogen and oxygen atoms in total. The Morgan fingerprint density at radius 3 is 2.71 bits per heavy atom. The molecule has 1 aromatic heterocycles. The Morgan fingerprint density at radius 2 is 2.00 bits per heavy atom. The number of benzene rings is 1. The molecule has 1 N–H and O–H groups in total. The number of aromatic nitrogens is 2. The Balaban J connectivity index is 1.82. The number of aromatic amines is 1. The molecule has 3 rings (SSSR count). The molecule has 2 aromatic rings. The second kappa shape index (κ2) is 5.60. The predicted molar refractivity (Wildman–Crippen MR) is 82.2 cm³/mol. The highest BCUT2D eigenvalue weighted by Crippen LogP contribution is 2.24. The van der Waals surface area contributed by atoms with Crippen LogP contribution in [-0.2, 0) is 4.79 Å². The van der Waals surface area contributed by atoms with Crippen LogP contribution in [0.4, 0.5) is 0 Å². The zero-order valence-electron chi connectivity index (χ0n) is 12.1. The molecular formula is C16H19N3O2. The van der Waals surface area contributed by atoms with Crippen molar-refractivity contribution in [3.63, 3.8) is 0 Å². The molecule has 110 valence electrons. The van der Waals surface area contributed by atoms with E-state index in [-0.39, 0.29) is 17.6 Å². The summed E-state index contributed by atoms with van der Waals surface area (Å²) < 4.78 is 1.84. The number of piperidine rings is 1. The third-order valence-corrected chi connectivity index (χ3v) is 4.07. The van der Waals surface area contributed by atoms with Crippen molar-refractivity contribution in [2.75, 3.05) is 13.1 Å². The van der Waals surface area contributed by atoms with Crippen molar-refractivity contribution in [2.45, 2.75) is 25.8 Å². The Kier molecular flexibility index (Phi) is 3.64. The van der Waals surface area contributed by atoms with Crippen molar-refractivity contribution in [1.29, 1.82) is 0 Å². The van der Waals surface area contributed by atoms with Crippen LogP contribution in [0.25, 0.3) is 11.0 Å². The normalized spacial score (nSPS) is 16.9. The summed E-state index contributed by atoms with van der Waals surface area (Å²) in [4.78, 5) is 28.7. The molecule has 0 atom stereocenters. The van der Waals surface area contributed by atoms with E-state index in [0.29, 0.717) is 13.1 Å². The zero-order valence-corrected chi connectivity index (χ0v) is 12.1. The highest BCUT2D eigenvalue weighted by Gasteiger charge is 2.24. The van der Waals surface area contributed by atoms with Gasteiger partial charge in [-0.1, -0.05) is 18.2 Å². The Hall–Kier alpha value is -2.30. The Morgan fingerprint density at radius 1 is 1.29 bits per heavy atom. The van der Waals surface area contributed by atoms with Crippen molar-refractivity contribution < 1.29 is 4.79 Å². The van der Waals surface area contributed by atoms with E-state index in [1.165, 1.54) is 0 Å². The number of nitrogens with one attached hydrogen (secondary N) is 1. The van der Waals surface area contributed by atoms with Crippen LogP contribution in [0.3, 0.4) is 0 Å². The number of hydrogen-bond donors (Lipinski definition) is 1. The predicted octanol–water partition coefficient (Wildman–Crippen LogP) is 2.07. The van der Waals surface area contributed by atoms with Gasteiger partial charge in [-0.3, -0.25) is 9.36 Å². The number of fused-ring (bicyclic) bond motifs is 1. The quantitative estimate of drug-likeness (QED) is 0.859. The fraction of sp³-hybridized carbons (Fsp3) is 0.375. The standard InChI is InChI=1S/C16H19N3O2/c1-2-5-15(20)18-10-8-12(9-11-18)19-14-7-4-3-6-13(14)17-16(19)21/h2-7,12H,8-11H2,1H3,(H,17,21). The summed E-state index contributed by atoms with van der Waals surface area (Å²) in [5, 5.41) is 0.